The summed E-state index contributed by atoms with van der Waals surface area (Å²) in [6.07, 6.45) is 5.83. The molecule has 0 saturated carbocycles. The number of rotatable bonds is 8. The molecule has 0 unspecified atom stereocenters. The number of aryl methyl sites for hydroxylation is 2. The average Bonchev–Trinajstić information content (AvgIpc) is 3.85. The number of furan rings is 1. The number of imidazole rings is 1. The number of hydrogen-bond donors (Lipinski definition) is 0. The maximum atomic E-state index is 7.44. The minimum Gasteiger partial charge on any atom is -0.501 e. The van der Waals surface area contributed by atoms with Gasteiger partial charge in [0, 0.05) is 47.7 Å². The summed E-state index contributed by atoms with van der Waals surface area (Å²) < 4.78 is 31.1. The van der Waals surface area contributed by atoms with Crippen molar-refractivity contribution in [3.8, 4) is 39.5 Å². The number of pyridine rings is 2. The predicted molar refractivity (Wildman–Crippen MR) is 259 cm³/mol. The summed E-state index contributed by atoms with van der Waals surface area (Å²) in [6, 6.07) is 41.3. The van der Waals surface area contributed by atoms with Gasteiger partial charge in [-0.3, -0.25) is 9.97 Å². The van der Waals surface area contributed by atoms with Gasteiger partial charge in [0.25, 0.3) is 0 Å². The van der Waals surface area contributed by atoms with Crippen molar-refractivity contribution in [2.45, 2.75) is 92.7 Å². The van der Waals surface area contributed by atoms with Gasteiger partial charge in [0.2, 0.25) is 0 Å². The number of aromatic nitrogens is 4. The van der Waals surface area contributed by atoms with Crippen LogP contribution in [0.4, 0.5) is 0 Å². The topological polar surface area (TPSA) is 56.7 Å². The fourth-order valence-corrected chi connectivity index (χ4v) is 9.97. The van der Waals surface area contributed by atoms with Gasteiger partial charge in [0.1, 0.15) is 5.58 Å². The molecule has 7 heteroatoms. The van der Waals surface area contributed by atoms with Crippen LogP contribution in [0.1, 0.15) is 91.2 Å². The van der Waals surface area contributed by atoms with Gasteiger partial charge in [-0.15, -0.1) is 53.6 Å². The third-order valence-electron chi connectivity index (χ3n) is 11.5. The fourth-order valence-electron chi connectivity index (χ4n) is 8.30. The molecule has 0 amide bonds. The summed E-state index contributed by atoms with van der Waals surface area (Å²) in [7, 11) is -1.45. The molecule has 0 atom stereocenters. The Balaban J connectivity index is 0.000000225. The Hall–Kier alpha value is -5.46. The smallest absolute Gasteiger partial charge is 0.120 e. The third kappa shape index (κ3) is 8.64. The Kier molecular flexibility index (Phi) is 11.9. The SMILES string of the molecule is Cc1cncc2c1nc(-c1[c-]ccc3c1oc1ccccc13)n2-c1c(C(C)C)cc(-c2ccccc2)cc1C(C)C.[2H]C([2H])([2H])c1c[c-]c(-c2cc(C(C)C)c([Si](C)(C)C)cn2)cc1.[Ir]. The van der Waals surface area contributed by atoms with Crippen LogP contribution in [0.3, 0.4) is 0 Å². The first-order chi connectivity index (χ1) is 30.4. The van der Waals surface area contributed by atoms with Gasteiger partial charge in [-0.2, -0.15) is 0 Å². The van der Waals surface area contributed by atoms with E-state index >= 15 is 0 Å². The zero-order valence-electron chi connectivity index (χ0n) is 40.3. The summed E-state index contributed by atoms with van der Waals surface area (Å²) in [4.78, 5) is 14.5. The van der Waals surface area contributed by atoms with Crippen LogP contribution in [0.5, 0.6) is 0 Å². The monoisotopic (exact) mass is 1010 g/mol. The Morgan fingerprint density at radius 2 is 1.42 bits per heavy atom. The molecule has 0 N–H and O–H groups in total. The van der Waals surface area contributed by atoms with Gasteiger partial charge in [0.05, 0.1) is 36.7 Å². The summed E-state index contributed by atoms with van der Waals surface area (Å²) in [5, 5.41) is 3.54. The maximum Gasteiger partial charge on any atom is 0.120 e. The van der Waals surface area contributed by atoms with Gasteiger partial charge >= 0.3 is 0 Å². The standard InChI is InChI=1S/C37H32N3O.C18H24NSi.Ir/c1-22(2)30-18-26(25-12-7-6-8-13-25)19-31(23(3)4)35(30)40-32-21-38-20-24(5)34(32)39-37(40)29-16-11-15-28-27-14-9-10-17-33(27)41-36(28)29;1-13(2)16-11-17(15-9-7-14(3)8-10-15)19-12-18(16)20(4,5)6;/h6-15,17-23H,1-5H3;7-9,11-13H,1-6H3;/q2*-1;/i;3D3;. The molecule has 0 saturated heterocycles. The molecular weight excluding hydrogens is 953 g/mol. The van der Waals surface area contributed by atoms with Crippen LogP contribution < -0.4 is 5.19 Å². The molecule has 1 radical (unpaired) electrons. The first kappa shape index (κ1) is 40.6. The normalized spacial score (nSPS) is 12.7. The number of fused-ring (bicyclic) bond motifs is 4. The molecule has 4 aromatic heterocycles. The molecule has 5 aromatic carbocycles. The number of nitrogens with zero attached hydrogens (tertiary/aromatic N) is 4. The minimum absolute atomic E-state index is 0. The Morgan fingerprint density at radius 1 is 0.726 bits per heavy atom. The van der Waals surface area contributed by atoms with Gasteiger partial charge in [0.15, 0.2) is 0 Å². The quantitative estimate of drug-likeness (QED) is 0.112. The van der Waals surface area contributed by atoms with E-state index in [4.69, 9.17) is 13.5 Å². The maximum absolute atomic E-state index is 7.44. The zero-order chi connectivity index (χ0) is 45.7. The Morgan fingerprint density at radius 3 is 2.06 bits per heavy atom. The van der Waals surface area contributed by atoms with Crippen LogP contribution in [-0.2, 0) is 20.1 Å². The number of hydrogen-bond acceptors (Lipinski definition) is 4. The van der Waals surface area contributed by atoms with Crippen LogP contribution in [0, 0.1) is 25.9 Å². The van der Waals surface area contributed by atoms with Crippen molar-refractivity contribution in [3.05, 3.63) is 162 Å². The van der Waals surface area contributed by atoms with E-state index in [1.807, 2.05) is 36.8 Å². The molecule has 9 aromatic rings. The van der Waals surface area contributed by atoms with E-state index in [1.54, 1.807) is 18.2 Å². The molecule has 0 fully saturated rings. The van der Waals surface area contributed by atoms with Gasteiger partial charge in [-0.05, 0) is 81.6 Å². The van der Waals surface area contributed by atoms with E-state index in [1.165, 1.54) is 38.7 Å². The predicted octanol–water partition coefficient (Wildman–Crippen LogP) is 14.5. The van der Waals surface area contributed by atoms with E-state index in [2.05, 4.69) is 162 Å². The van der Waals surface area contributed by atoms with E-state index in [0.717, 1.165) is 61.2 Å². The van der Waals surface area contributed by atoms with Crippen molar-refractivity contribution < 1.29 is 28.6 Å². The second-order valence-corrected chi connectivity index (χ2v) is 23.1. The van der Waals surface area contributed by atoms with E-state index in [9.17, 15) is 0 Å². The third-order valence-corrected chi connectivity index (χ3v) is 13.5. The molecule has 0 aliphatic carbocycles. The molecule has 0 bridgehead atoms. The van der Waals surface area contributed by atoms with Crippen molar-refractivity contribution in [1.82, 2.24) is 19.5 Å². The molecule has 9 rings (SSSR count). The van der Waals surface area contributed by atoms with Gasteiger partial charge in [-0.1, -0.05) is 139 Å². The minimum atomic E-state index is -2.09. The molecule has 317 valence electrons. The van der Waals surface area contributed by atoms with Crippen LogP contribution in [-0.4, -0.2) is 27.6 Å². The summed E-state index contributed by atoms with van der Waals surface area (Å²) >= 11 is 0. The molecule has 0 spiro atoms. The van der Waals surface area contributed by atoms with Crippen molar-refractivity contribution >= 4 is 46.2 Å². The van der Waals surface area contributed by atoms with E-state index < -0.39 is 14.9 Å². The van der Waals surface area contributed by atoms with Crippen molar-refractivity contribution in [2.24, 2.45) is 0 Å². The number of para-hydroxylation sites is 1. The van der Waals surface area contributed by atoms with Crippen LogP contribution in [0.2, 0.25) is 19.6 Å². The molecule has 0 aliphatic heterocycles. The molecule has 0 aliphatic rings. The first-order valence-corrected chi connectivity index (χ1v) is 24.8. The van der Waals surface area contributed by atoms with Gasteiger partial charge in [-0.25, -0.2) is 0 Å². The average molecular weight is 1010 g/mol. The van der Waals surface area contributed by atoms with Crippen molar-refractivity contribution in [3.63, 3.8) is 0 Å². The Labute approximate surface area is 386 Å². The van der Waals surface area contributed by atoms with Crippen molar-refractivity contribution in [1.29, 1.82) is 0 Å². The first-order valence-electron chi connectivity index (χ1n) is 22.8. The second kappa shape index (κ2) is 18.1. The van der Waals surface area contributed by atoms with Crippen molar-refractivity contribution in [2.75, 3.05) is 0 Å². The van der Waals surface area contributed by atoms with E-state index in [0.29, 0.717) is 11.5 Å². The number of benzene rings is 5. The largest absolute Gasteiger partial charge is 0.501 e. The molecule has 62 heavy (non-hydrogen) atoms. The zero-order valence-corrected chi connectivity index (χ0v) is 40.7. The molecular formula is C55H56IrN4OSi-2. The molecule has 4 heterocycles. The fraction of sp³-hybridized carbons (Fsp3) is 0.255. The summed E-state index contributed by atoms with van der Waals surface area (Å²) in [5.74, 6) is 1.80. The summed E-state index contributed by atoms with van der Waals surface area (Å²) in [5.41, 5.74) is 15.0. The Bertz CT molecular complexity index is 3100. The van der Waals surface area contributed by atoms with Gasteiger partial charge < -0.3 is 14.0 Å². The van der Waals surface area contributed by atoms with Crippen LogP contribution in [0.25, 0.3) is 72.4 Å². The van der Waals surface area contributed by atoms with E-state index in [-0.39, 0.29) is 31.9 Å². The second-order valence-electron chi connectivity index (χ2n) is 18.0. The molecule has 5 nitrogen and oxygen atoms in total. The summed E-state index contributed by atoms with van der Waals surface area (Å²) in [6.45, 7) is 20.4. The van der Waals surface area contributed by atoms with Crippen LogP contribution in [0.15, 0.2) is 126 Å². The van der Waals surface area contributed by atoms with Crippen LogP contribution >= 0.6 is 0 Å².